The van der Waals surface area contributed by atoms with Gasteiger partial charge in [0.1, 0.15) is 5.76 Å². The van der Waals surface area contributed by atoms with Gasteiger partial charge in [0.05, 0.1) is 24.2 Å². The topological polar surface area (TPSA) is 80.1 Å². The third-order valence-electron chi connectivity index (χ3n) is 3.99. The molecule has 0 bridgehead atoms. The first-order valence-electron chi connectivity index (χ1n) is 8.19. The highest BCUT2D eigenvalue weighted by Crippen LogP contribution is 2.34. The summed E-state index contributed by atoms with van der Waals surface area (Å²) in [6.45, 7) is -0.0533. The lowest BCUT2D eigenvalue weighted by atomic mass is 10.2. The molecule has 28 heavy (non-hydrogen) atoms. The number of esters is 1. The van der Waals surface area contributed by atoms with Gasteiger partial charge < -0.3 is 14.1 Å². The number of carbonyl (C=O) groups is 3. The number of thioether (sulfide) groups is 1. The SMILES string of the molecule is COC(=O)c1ccc(CN2C(=O)SC(=Cc3ccc(N(C)C)c(Br)c3)C2=O)o1. The van der Waals surface area contributed by atoms with Crippen molar-refractivity contribution >= 4 is 56.6 Å². The maximum atomic E-state index is 12.6. The summed E-state index contributed by atoms with van der Waals surface area (Å²) in [5.41, 5.74) is 1.80. The number of carbonyl (C=O) groups excluding carboxylic acids is 3. The van der Waals surface area contributed by atoms with Crippen molar-refractivity contribution < 1.29 is 23.5 Å². The predicted octanol–water partition coefficient (Wildman–Crippen LogP) is 4.13. The molecule has 1 aromatic carbocycles. The minimum Gasteiger partial charge on any atom is -0.463 e. The minimum atomic E-state index is -0.618. The van der Waals surface area contributed by atoms with E-state index in [4.69, 9.17) is 4.42 Å². The largest absolute Gasteiger partial charge is 0.463 e. The fourth-order valence-electron chi connectivity index (χ4n) is 2.59. The number of hydrogen-bond donors (Lipinski definition) is 0. The zero-order valence-electron chi connectivity index (χ0n) is 15.4. The standard InChI is InChI=1S/C19H17BrN2O5S/c1-21(2)14-6-4-11(8-13(14)20)9-16-17(23)22(19(25)28-16)10-12-5-7-15(27-12)18(24)26-3/h4-9H,10H2,1-3H3. The Morgan fingerprint density at radius 3 is 2.68 bits per heavy atom. The van der Waals surface area contributed by atoms with Gasteiger partial charge in [0.25, 0.3) is 11.1 Å². The van der Waals surface area contributed by atoms with E-state index in [9.17, 15) is 14.4 Å². The van der Waals surface area contributed by atoms with Crippen molar-refractivity contribution in [2.24, 2.45) is 0 Å². The number of amides is 2. The first-order chi connectivity index (χ1) is 13.3. The number of halogens is 1. The average molecular weight is 465 g/mol. The van der Waals surface area contributed by atoms with E-state index in [1.54, 1.807) is 6.08 Å². The molecule has 0 radical (unpaired) electrons. The molecule has 0 N–H and O–H groups in total. The first kappa shape index (κ1) is 20.2. The predicted molar refractivity (Wildman–Crippen MR) is 110 cm³/mol. The maximum absolute atomic E-state index is 12.6. The Labute approximate surface area is 174 Å². The van der Waals surface area contributed by atoms with Crippen LogP contribution in [0.3, 0.4) is 0 Å². The monoisotopic (exact) mass is 464 g/mol. The minimum absolute atomic E-state index is 0.0193. The third-order valence-corrected chi connectivity index (χ3v) is 5.53. The second-order valence-electron chi connectivity index (χ2n) is 6.13. The number of imide groups is 1. The summed E-state index contributed by atoms with van der Waals surface area (Å²) in [4.78, 5) is 39.8. The maximum Gasteiger partial charge on any atom is 0.373 e. The molecule has 0 aliphatic carbocycles. The van der Waals surface area contributed by atoms with Gasteiger partial charge in [-0.05, 0) is 63.6 Å². The zero-order valence-corrected chi connectivity index (χ0v) is 17.8. The summed E-state index contributed by atoms with van der Waals surface area (Å²) in [6.07, 6.45) is 1.68. The van der Waals surface area contributed by atoms with Crippen LogP contribution in [0.4, 0.5) is 10.5 Å². The molecule has 0 spiro atoms. The zero-order chi connectivity index (χ0) is 20.4. The van der Waals surface area contributed by atoms with E-state index < -0.39 is 17.1 Å². The van der Waals surface area contributed by atoms with Crippen molar-refractivity contribution in [3.63, 3.8) is 0 Å². The number of rotatable bonds is 5. The van der Waals surface area contributed by atoms with E-state index in [0.717, 1.165) is 32.4 Å². The molecule has 2 heterocycles. The van der Waals surface area contributed by atoms with E-state index >= 15 is 0 Å². The number of methoxy groups -OCH3 is 1. The van der Waals surface area contributed by atoms with Crippen molar-refractivity contribution in [3.05, 3.63) is 56.8 Å². The number of benzene rings is 1. The van der Waals surface area contributed by atoms with Crippen LogP contribution in [-0.4, -0.2) is 43.2 Å². The molecule has 1 fully saturated rings. The molecule has 1 aromatic heterocycles. The Hall–Kier alpha value is -2.52. The van der Waals surface area contributed by atoms with Crippen molar-refractivity contribution in [2.75, 3.05) is 26.1 Å². The highest BCUT2D eigenvalue weighted by atomic mass is 79.9. The summed E-state index contributed by atoms with van der Waals surface area (Å²) >= 11 is 4.38. The molecule has 1 aliphatic rings. The molecule has 0 atom stereocenters. The lowest BCUT2D eigenvalue weighted by Gasteiger charge is -2.14. The van der Waals surface area contributed by atoms with Crippen LogP contribution in [0.5, 0.6) is 0 Å². The van der Waals surface area contributed by atoms with Crippen molar-refractivity contribution in [2.45, 2.75) is 6.54 Å². The van der Waals surface area contributed by atoms with Gasteiger partial charge in [-0.2, -0.15) is 0 Å². The van der Waals surface area contributed by atoms with E-state index in [1.807, 2.05) is 37.2 Å². The number of ether oxygens (including phenoxy) is 1. The van der Waals surface area contributed by atoms with Crippen LogP contribution in [0.15, 0.2) is 44.1 Å². The number of anilines is 1. The van der Waals surface area contributed by atoms with Crippen molar-refractivity contribution in [3.8, 4) is 0 Å². The second-order valence-corrected chi connectivity index (χ2v) is 7.98. The Balaban J connectivity index is 1.78. The van der Waals surface area contributed by atoms with Gasteiger partial charge >= 0.3 is 5.97 Å². The van der Waals surface area contributed by atoms with Crippen LogP contribution in [-0.2, 0) is 16.1 Å². The highest BCUT2D eigenvalue weighted by Gasteiger charge is 2.35. The Kier molecular flexibility index (Phi) is 5.95. The molecule has 9 heteroatoms. The van der Waals surface area contributed by atoms with Crippen LogP contribution in [0.25, 0.3) is 6.08 Å². The number of nitrogens with zero attached hydrogens (tertiary/aromatic N) is 2. The van der Waals surface area contributed by atoms with Gasteiger partial charge in [0.15, 0.2) is 0 Å². The Morgan fingerprint density at radius 2 is 2.04 bits per heavy atom. The van der Waals surface area contributed by atoms with Gasteiger partial charge in [0, 0.05) is 18.6 Å². The highest BCUT2D eigenvalue weighted by molar-refractivity contribution is 9.10. The smallest absolute Gasteiger partial charge is 0.373 e. The average Bonchev–Trinajstić information content (AvgIpc) is 3.21. The Morgan fingerprint density at radius 1 is 1.29 bits per heavy atom. The normalized spacial score (nSPS) is 15.4. The van der Waals surface area contributed by atoms with E-state index in [2.05, 4.69) is 20.7 Å². The fourth-order valence-corrected chi connectivity index (χ4v) is 4.18. The Bertz CT molecular complexity index is 982. The molecular weight excluding hydrogens is 448 g/mol. The van der Waals surface area contributed by atoms with Crippen molar-refractivity contribution in [1.29, 1.82) is 0 Å². The molecule has 1 saturated heterocycles. The summed E-state index contributed by atoms with van der Waals surface area (Å²) in [5, 5.41) is -0.392. The third kappa shape index (κ3) is 4.15. The van der Waals surface area contributed by atoms with E-state index in [0.29, 0.717) is 10.7 Å². The summed E-state index contributed by atoms with van der Waals surface area (Å²) in [5.74, 6) is -0.682. The van der Waals surface area contributed by atoms with Crippen LogP contribution in [0.2, 0.25) is 0 Å². The molecular formula is C19H17BrN2O5S. The molecule has 2 amide bonds. The molecule has 3 rings (SSSR count). The molecule has 0 saturated carbocycles. The lowest BCUT2D eigenvalue weighted by molar-refractivity contribution is -0.123. The van der Waals surface area contributed by atoms with E-state index in [-0.39, 0.29) is 12.3 Å². The van der Waals surface area contributed by atoms with Crippen LogP contribution < -0.4 is 4.90 Å². The van der Waals surface area contributed by atoms with Gasteiger partial charge in [-0.25, -0.2) is 4.79 Å². The van der Waals surface area contributed by atoms with Gasteiger partial charge in [-0.15, -0.1) is 0 Å². The summed E-state index contributed by atoms with van der Waals surface area (Å²) in [6, 6.07) is 8.68. The fraction of sp³-hybridized carbons (Fsp3) is 0.211. The van der Waals surface area contributed by atoms with E-state index in [1.165, 1.54) is 19.2 Å². The number of hydrogen-bond acceptors (Lipinski definition) is 7. The molecule has 1 aliphatic heterocycles. The van der Waals surface area contributed by atoms with Gasteiger partial charge in [-0.1, -0.05) is 6.07 Å². The van der Waals surface area contributed by atoms with Crippen LogP contribution >= 0.6 is 27.7 Å². The summed E-state index contributed by atoms with van der Waals surface area (Å²) in [7, 11) is 5.12. The second kappa shape index (κ2) is 8.24. The van der Waals surface area contributed by atoms with Gasteiger partial charge in [-0.3, -0.25) is 14.5 Å². The molecule has 0 unspecified atom stereocenters. The number of furan rings is 1. The molecule has 7 nitrogen and oxygen atoms in total. The summed E-state index contributed by atoms with van der Waals surface area (Å²) < 4.78 is 10.8. The van der Waals surface area contributed by atoms with Crippen LogP contribution in [0, 0.1) is 0 Å². The van der Waals surface area contributed by atoms with Crippen LogP contribution in [0.1, 0.15) is 21.9 Å². The quantitative estimate of drug-likeness (QED) is 0.485. The lowest BCUT2D eigenvalue weighted by Crippen LogP contribution is -2.27. The molecule has 146 valence electrons. The first-order valence-corrected chi connectivity index (χ1v) is 9.80. The van der Waals surface area contributed by atoms with Crippen molar-refractivity contribution in [1.82, 2.24) is 4.90 Å². The van der Waals surface area contributed by atoms with Gasteiger partial charge in [0.2, 0.25) is 5.76 Å². The molecule has 2 aromatic rings.